The molecular formula is C19H20N2O4. The summed E-state index contributed by atoms with van der Waals surface area (Å²) in [5.74, 6) is 2.55. The Kier molecular flexibility index (Phi) is 4.79. The molecule has 0 aliphatic rings. The quantitative estimate of drug-likeness (QED) is 0.700. The number of ether oxygens (including phenoxy) is 3. The van der Waals surface area contributed by atoms with Gasteiger partial charge in [0.25, 0.3) is 0 Å². The van der Waals surface area contributed by atoms with E-state index in [0.717, 1.165) is 5.69 Å². The number of nitrogens with one attached hydrogen (secondary N) is 1. The smallest absolute Gasteiger partial charge is 0.176 e. The molecule has 130 valence electrons. The number of benzene rings is 2. The van der Waals surface area contributed by atoms with Gasteiger partial charge in [0.2, 0.25) is 0 Å². The van der Waals surface area contributed by atoms with Crippen molar-refractivity contribution in [2.24, 2.45) is 0 Å². The molecule has 0 saturated heterocycles. The van der Waals surface area contributed by atoms with E-state index in [1.54, 1.807) is 31.4 Å². The van der Waals surface area contributed by atoms with Gasteiger partial charge in [-0.3, -0.25) is 5.10 Å². The van der Waals surface area contributed by atoms with E-state index in [1.165, 1.54) is 0 Å². The zero-order valence-electron chi connectivity index (χ0n) is 14.4. The molecule has 0 aliphatic heterocycles. The zero-order valence-corrected chi connectivity index (χ0v) is 14.4. The van der Waals surface area contributed by atoms with Crippen LogP contribution in [0.4, 0.5) is 0 Å². The normalized spacial score (nSPS) is 10.5. The lowest BCUT2D eigenvalue weighted by molar-refractivity contribution is 0.338. The maximum absolute atomic E-state index is 10.3. The van der Waals surface area contributed by atoms with Gasteiger partial charge in [-0.2, -0.15) is 5.10 Å². The minimum atomic E-state index is 0.0768. The minimum Gasteiger partial charge on any atom is -0.507 e. The average Bonchev–Trinajstić information content (AvgIpc) is 2.96. The molecule has 0 bridgehead atoms. The number of methoxy groups -OCH3 is 1. The highest BCUT2D eigenvalue weighted by Gasteiger charge is 2.18. The van der Waals surface area contributed by atoms with E-state index in [0.29, 0.717) is 40.9 Å². The van der Waals surface area contributed by atoms with E-state index in [2.05, 4.69) is 10.2 Å². The number of hydrogen-bond donors (Lipinski definition) is 2. The highest BCUT2D eigenvalue weighted by Crippen LogP contribution is 2.40. The Balaban J connectivity index is 1.96. The third-order valence-electron chi connectivity index (χ3n) is 3.69. The first-order valence-corrected chi connectivity index (χ1v) is 7.95. The van der Waals surface area contributed by atoms with Gasteiger partial charge in [0.1, 0.15) is 28.7 Å². The molecule has 3 aromatic rings. The van der Waals surface area contributed by atoms with Gasteiger partial charge in [-0.05, 0) is 38.1 Å². The van der Waals surface area contributed by atoms with Crippen LogP contribution in [0.5, 0.6) is 28.7 Å². The lowest BCUT2D eigenvalue weighted by atomic mass is 10.1. The topological polar surface area (TPSA) is 76.6 Å². The van der Waals surface area contributed by atoms with Crippen LogP contribution in [0.3, 0.4) is 0 Å². The van der Waals surface area contributed by atoms with Gasteiger partial charge in [0.05, 0.1) is 19.4 Å². The molecule has 6 nitrogen and oxygen atoms in total. The molecule has 0 amide bonds. The molecule has 25 heavy (non-hydrogen) atoms. The van der Waals surface area contributed by atoms with Crippen molar-refractivity contribution in [3.8, 4) is 40.0 Å². The number of nitrogens with zero attached hydrogens (tertiary/aromatic N) is 1. The SMILES string of the molecule is CCOc1ccc(-c2n[nH]c(C)c2Oc2cccc(OC)c2)c(O)c1. The van der Waals surface area contributed by atoms with Crippen molar-refractivity contribution in [3.63, 3.8) is 0 Å². The maximum Gasteiger partial charge on any atom is 0.176 e. The van der Waals surface area contributed by atoms with E-state index >= 15 is 0 Å². The standard InChI is InChI=1S/C19H20N2O4/c1-4-24-14-8-9-16(17(22)11-14)18-19(12(2)20-21-18)25-15-7-5-6-13(10-15)23-3/h5-11,22H,4H2,1-3H3,(H,20,21). The monoisotopic (exact) mass is 340 g/mol. The third kappa shape index (κ3) is 3.52. The fourth-order valence-corrected chi connectivity index (χ4v) is 2.48. The van der Waals surface area contributed by atoms with E-state index in [4.69, 9.17) is 14.2 Å². The third-order valence-corrected chi connectivity index (χ3v) is 3.69. The second-order valence-corrected chi connectivity index (χ2v) is 5.42. The fourth-order valence-electron chi connectivity index (χ4n) is 2.48. The van der Waals surface area contributed by atoms with Crippen molar-refractivity contribution in [2.45, 2.75) is 13.8 Å². The molecular weight excluding hydrogens is 320 g/mol. The largest absolute Gasteiger partial charge is 0.507 e. The van der Waals surface area contributed by atoms with E-state index in [9.17, 15) is 5.11 Å². The molecule has 0 fully saturated rings. The van der Waals surface area contributed by atoms with Crippen LogP contribution in [0.15, 0.2) is 42.5 Å². The number of hydrogen-bond acceptors (Lipinski definition) is 5. The predicted molar refractivity (Wildman–Crippen MR) is 94.7 cm³/mol. The van der Waals surface area contributed by atoms with Crippen LogP contribution in [0.25, 0.3) is 11.3 Å². The van der Waals surface area contributed by atoms with E-state index in [-0.39, 0.29) is 5.75 Å². The lowest BCUT2D eigenvalue weighted by Gasteiger charge is -2.10. The number of phenolic OH excluding ortho intramolecular Hbond substituents is 1. The average molecular weight is 340 g/mol. The Labute approximate surface area is 146 Å². The maximum atomic E-state index is 10.3. The first-order chi connectivity index (χ1) is 12.1. The van der Waals surface area contributed by atoms with Crippen LogP contribution in [-0.2, 0) is 0 Å². The summed E-state index contributed by atoms with van der Waals surface area (Å²) in [5.41, 5.74) is 1.85. The van der Waals surface area contributed by atoms with Crippen LogP contribution >= 0.6 is 0 Å². The van der Waals surface area contributed by atoms with Crippen molar-refractivity contribution in [2.75, 3.05) is 13.7 Å². The Morgan fingerprint density at radius 3 is 2.60 bits per heavy atom. The van der Waals surface area contributed by atoms with Crippen LogP contribution in [-0.4, -0.2) is 29.0 Å². The highest BCUT2D eigenvalue weighted by atomic mass is 16.5. The molecule has 2 aromatic carbocycles. The molecule has 0 aliphatic carbocycles. The van der Waals surface area contributed by atoms with Gasteiger partial charge in [-0.25, -0.2) is 0 Å². The fraction of sp³-hybridized carbons (Fsp3) is 0.211. The van der Waals surface area contributed by atoms with Crippen molar-refractivity contribution in [1.29, 1.82) is 0 Å². The van der Waals surface area contributed by atoms with Crippen LogP contribution in [0.2, 0.25) is 0 Å². The van der Waals surface area contributed by atoms with Crippen molar-refractivity contribution < 1.29 is 19.3 Å². The first-order valence-electron chi connectivity index (χ1n) is 7.95. The van der Waals surface area contributed by atoms with Gasteiger partial charge < -0.3 is 19.3 Å². The molecule has 6 heteroatoms. The summed E-state index contributed by atoms with van der Waals surface area (Å²) < 4.78 is 16.6. The number of aromatic hydroxyl groups is 1. The van der Waals surface area contributed by atoms with E-state index < -0.39 is 0 Å². The van der Waals surface area contributed by atoms with Gasteiger partial charge in [0, 0.05) is 17.7 Å². The Morgan fingerprint density at radius 1 is 1.08 bits per heavy atom. The summed E-state index contributed by atoms with van der Waals surface area (Å²) in [4.78, 5) is 0. The van der Waals surface area contributed by atoms with Crippen molar-refractivity contribution in [1.82, 2.24) is 10.2 Å². The molecule has 1 heterocycles. The summed E-state index contributed by atoms with van der Waals surface area (Å²) >= 11 is 0. The summed E-state index contributed by atoms with van der Waals surface area (Å²) in [6, 6.07) is 12.4. The Hall–Kier alpha value is -3.15. The lowest BCUT2D eigenvalue weighted by Crippen LogP contribution is -1.92. The summed E-state index contributed by atoms with van der Waals surface area (Å²) in [6.45, 7) is 4.28. The Bertz CT molecular complexity index is 874. The molecule has 0 spiro atoms. The molecule has 1 aromatic heterocycles. The zero-order chi connectivity index (χ0) is 17.8. The molecule has 0 radical (unpaired) electrons. The predicted octanol–water partition coefficient (Wildman–Crippen LogP) is 4.29. The summed E-state index contributed by atoms with van der Waals surface area (Å²) in [5, 5.41) is 17.5. The number of H-pyrrole nitrogens is 1. The summed E-state index contributed by atoms with van der Waals surface area (Å²) in [7, 11) is 1.60. The molecule has 2 N–H and O–H groups in total. The number of aromatic amines is 1. The number of rotatable bonds is 6. The van der Waals surface area contributed by atoms with Crippen LogP contribution in [0.1, 0.15) is 12.6 Å². The minimum absolute atomic E-state index is 0.0768. The van der Waals surface area contributed by atoms with Gasteiger partial charge in [0.15, 0.2) is 5.75 Å². The number of aromatic nitrogens is 2. The number of phenols is 1. The van der Waals surface area contributed by atoms with E-state index in [1.807, 2.05) is 32.0 Å². The molecule has 3 rings (SSSR count). The van der Waals surface area contributed by atoms with Crippen LogP contribution < -0.4 is 14.2 Å². The second kappa shape index (κ2) is 7.17. The highest BCUT2D eigenvalue weighted by molar-refractivity contribution is 5.74. The number of aryl methyl sites for hydroxylation is 1. The van der Waals surface area contributed by atoms with Gasteiger partial charge in [-0.15, -0.1) is 0 Å². The Morgan fingerprint density at radius 2 is 1.88 bits per heavy atom. The molecule has 0 atom stereocenters. The molecule has 0 saturated carbocycles. The summed E-state index contributed by atoms with van der Waals surface area (Å²) in [6.07, 6.45) is 0. The van der Waals surface area contributed by atoms with Crippen molar-refractivity contribution in [3.05, 3.63) is 48.2 Å². The van der Waals surface area contributed by atoms with Gasteiger partial charge in [-0.1, -0.05) is 6.07 Å². The van der Waals surface area contributed by atoms with Gasteiger partial charge >= 0.3 is 0 Å². The molecule has 0 unspecified atom stereocenters. The van der Waals surface area contributed by atoms with Crippen molar-refractivity contribution >= 4 is 0 Å². The van der Waals surface area contributed by atoms with Crippen LogP contribution in [0, 0.1) is 6.92 Å². The first kappa shape index (κ1) is 16.7. The second-order valence-electron chi connectivity index (χ2n) is 5.42.